The van der Waals surface area contributed by atoms with Gasteiger partial charge in [0.25, 0.3) is 0 Å². The molecule has 0 bridgehead atoms. The van der Waals surface area contributed by atoms with E-state index in [0.717, 1.165) is 19.3 Å². The lowest BCUT2D eigenvalue weighted by molar-refractivity contribution is -0.140. The highest BCUT2D eigenvalue weighted by atomic mass is 16.5. The van der Waals surface area contributed by atoms with Crippen LogP contribution < -0.4 is 9.64 Å². The van der Waals surface area contributed by atoms with Crippen molar-refractivity contribution in [3.63, 3.8) is 0 Å². The van der Waals surface area contributed by atoms with E-state index in [1.165, 1.54) is 16.7 Å². The fraction of sp³-hybridized carbons (Fsp3) is 0.526. The predicted octanol–water partition coefficient (Wildman–Crippen LogP) is 2.43. The summed E-state index contributed by atoms with van der Waals surface area (Å²) in [6, 6.07) is 7.00. The molecular formula is C19H24N2O4. The van der Waals surface area contributed by atoms with Crippen molar-refractivity contribution in [2.24, 2.45) is 17.8 Å². The number of anilines is 1. The highest BCUT2D eigenvalue weighted by Gasteiger charge is 2.49. The van der Waals surface area contributed by atoms with E-state index in [2.05, 4.69) is 6.92 Å². The topological polar surface area (TPSA) is 66.9 Å². The minimum atomic E-state index is -0.221. The Bertz CT molecular complexity index is 685. The van der Waals surface area contributed by atoms with E-state index in [-0.39, 0.29) is 36.2 Å². The summed E-state index contributed by atoms with van der Waals surface area (Å²) in [4.78, 5) is 40.3. The summed E-state index contributed by atoms with van der Waals surface area (Å²) in [6.45, 7) is 3.53. The van der Waals surface area contributed by atoms with E-state index in [1.807, 2.05) is 0 Å². The van der Waals surface area contributed by atoms with E-state index < -0.39 is 0 Å². The normalized spacial score (nSPS) is 25.7. The average molecular weight is 344 g/mol. The molecule has 0 aromatic heterocycles. The Morgan fingerprint density at radius 2 is 1.80 bits per heavy atom. The zero-order chi connectivity index (χ0) is 18.1. The minimum absolute atomic E-state index is 0.0271. The van der Waals surface area contributed by atoms with Crippen molar-refractivity contribution in [1.82, 2.24) is 4.90 Å². The largest absolute Gasteiger partial charge is 0.497 e. The first-order valence-corrected chi connectivity index (χ1v) is 8.69. The van der Waals surface area contributed by atoms with Crippen molar-refractivity contribution in [2.45, 2.75) is 33.1 Å². The van der Waals surface area contributed by atoms with Crippen LogP contribution in [0.5, 0.6) is 5.75 Å². The van der Waals surface area contributed by atoms with Crippen LogP contribution in [0.25, 0.3) is 0 Å². The molecule has 1 aliphatic carbocycles. The Morgan fingerprint density at radius 1 is 1.16 bits per heavy atom. The Kier molecular flexibility index (Phi) is 4.79. The molecule has 0 radical (unpaired) electrons. The van der Waals surface area contributed by atoms with E-state index in [4.69, 9.17) is 4.74 Å². The van der Waals surface area contributed by atoms with Gasteiger partial charge in [0.2, 0.25) is 17.7 Å². The van der Waals surface area contributed by atoms with Gasteiger partial charge in [-0.2, -0.15) is 0 Å². The maximum absolute atomic E-state index is 12.7. The standard InChI is InChI=1S/C19H24N2O4/c1-12-4-9-16-17(10-12)19(24)21(18(16)23)11-20(13(2)22)14-5-7-15(25-3)8-6-14/h5-8,12,16-17H,4,9-11H2,1-3H3/t12-,16-,17+/m0/s1. The molecule has 1 heterocycles. The van der Waals surface area contributed by atoms with Gasteiger partial charge in [-0.25, -0.2) is 0 Å². The summed E-state index contributed by atoms with van der Waals surface area (Å²) in [6.07, 6.45) is 2.49. The summed E-state index contributed by atoms with van der Waals surface area (Å²) >= 11 is 0. The van der Waals surface area contributed by atoms with Crippen LogP contribution in [0.3, 0.4) is 0 Å². The molecule has 1 saturated carbocycles. The first-order chi connectivity index (χ1) is 11.9. The quantitative estimate of drug-likeness (QED) is 0.787. The molecule has 0 unspecified atom stereocenters. The van der Waals surface area contributed by atoms with E-state index in [0.29, 0.717) is 17.4 Å². The second kappa shape index (κ2) is 6.86. The first-order valence-electron chi connectivity index (χ1n) is 8.69. The van der Waals surface area contributed by atoms with Crippen LogP contribution in [-0.2, 0) is 14.4 Å². The van der Waals surface area contributed by atoms with Gasteiger partial charge in [-0.05, 0) is 49.4 Å². The lowest BCUT2D eigenvalue weighted by atomic mass is 9.76. The highest BCUT2D eigenvalue weighted by molar-refractivity contribution is 6.06. The number of rotatable bonds is 4. The number of fused-ring (bicyclic) bond motifs is 1. The Hall–Kier alpha value is -2.37. The molecule has 6 nitrogen and oxygen atoms in total. The average Bonchev–Trinajstić information content (AvgIpc) is 2.83. The van der Waals surface area contributed by atoms with Gasteiger partial charge in [0.1, 0.15) is 12.4 Å². The molecule has 3 atom stereocenters. The van der Waals surface area contributed by atoms with Crippen LogP contribution in [0.2, 0.25) is 0 Å². The van der Waals surface area contributed by atoms with Gasteiger partial charge in [0.15, 0.2) is 0 Å². The molecule has 6 heteroatoms. The second-order valence-corrected chi connectivity index (χ2v) is 7.02. The van der Waals surface area contributed by atoms with Crippen LogP contribution >= 0.6 is 0 Å². The molecule has 2 fully saturated rings. The predicted molar refractivity (Wildman–Crippen MR) is 92.9 cm³/mol. The number of hydrogen-bond donors (Lipinski definition) is 0. The number of imide groups is 1. The Morgan fingerprint density at radius 3 is 2.40 bits per heavy atom. The number of ether oxygens (including phenoxy) is 1. The molecule has 1 aliphatic heterocycles. The fourth-order valence-corrected chi connectivity index (χ4v) is 3.86. The summed E-state index contributed by atoms with van der Waals surface area (Å²) < 4.78 is 5.13. The molecule has 3 amide bonds. The van der Waals surface area contributed by atoms with E-state index in [1.54, 1.807) is 31.4 Å². The Balaban J connectivity index is 1.81. The number of amides is 3. The summed E-state index contributed by atoms with van der Waals surface area (Å²) in [5.74, 6) is 0.218. The summed E-state index contributed by atoms with van der Waals surface area (Å²) in [7, 11) is 1.57. The van der Waals surface area contributed by atoms with Crippen LogP contribution in [0.1, 0.15) is 33.1 Å². The Labute approximate surface area is 147 Å². The third-order valence-electron chi connectivity index (χ3n) is 5.33. The fourth-order valence-electron chi connectivity index (χ4n) is 3.86. The zero-order valence-electron chi connectivity index (χ0n) is 14.9. The maximum atomic E-state index is 12.7. The van der Waals surface area contributed by atoms with Crippen molar-refractivity contribution in [3.8, 4) is 5.75 Å². The molecule has 0 spiro atoms. The molecule has 3 rings (SSSR count). The second-order valence-electron chi connectivity index (χ2n) is 7.02. The van der Waals surface area contributed by atoms with E-state index in [9.17, 15) is 14.4 Å². The molecule has 134 valence electrons. The maximum Gasteiger partial charge on any atom is 0.234 e. The van der Waals surface area contributed by atoms with Crippen molar-refractivity contribution in [3.05, 3.63) is 24.3 Å². The van der Waals surface area contributed by atoms with Crippen LogP contribution in [0.4, 0.5) is 5.69 Å². The lowest BCUT2D eigenvalue weighted by Gasteiger charge is -2.26. The molecule has 25 heavy (non-hydrogen) atoms. The number of benzene rings is 1. The molecule has 1 aromatic rings. The van der Waals surface area contributed by atoms with Gasteiger partial charge < -0.3 is 4.74 Å². The number of carbonyl (C=O) groups excluding carboxylic acids is 3. The van der Waals surface area contributed by atoms with Gasteiger partial charge >= 0.3 is 0 Å². The van der Waals surface area contributed by atoms with Gasteiger partial charge in [-0.1, -0.05) is 6.92 Å². The van der Waals surface area contributed by atoms with Crippen molar-refractivity contribution in [2.75, 3.05) is 18.7 Å². The third kappa shape index (κ3) is 3.25. The van der Waals surface area contributed by atoms with Gasteiger partial charge in [0, 0.05) is 12.6 Å². The monoisotopic (exact) mass is 344 g/mol. The van der Waals surface area contributed by atoms with Crippen LogP contribution in [0, 0.1) is 17.8 Å². The summed E-state index contributed by atoms with van der Waals surface area (Å²) in [5.41, 5.74) is 0.636. The van der Waals surface area contributed by atoms with Crippen molar-refractivity contribution < 1.29 is 19.1 Å². The lowest BCUT2D eigenvalue weighted by Crippen LogP contribution is -2.44. The molecule has 2 aliphatic rings. The molecule has 1 aromatic carbocycles. The van der Waals surface area contributed by atoms with Gasteiger partial charge in [0.05, 0.1) is 18.9 Å². The molecule has 1 saturated heterocycles. The van der Waals surface area contributed by atoms with Crippen molar-refractivity contribution in [1.29, 1.82) is 0 Å². The number of likely N-dealkylation sites (tertiary alicyclic amines) is 1. The first kappa shape index (κ1) is 17.5. The minimum Gasteiger partial charge on any atom is -0.497 e. The third-order valence-corrected chi connectivity index (χ3v) is 5.33. The number of nitrogens with zero attached hydrogens (tertiary/aromatic N) is 2. The van der Waals surface area contributed by atoms with Crippen molar-refractivity contribution >= 4 is 23.4 Å². The SMILES string of the molecule is COc1ccc(N(CN2C(=O)[C@H]3CC[C@H](C)C[C@H]3C2=O)C(C)=O)cc1. The highest BCUT2D eigenvalue weighted by Crippen LogP contribution is 2.40. The number of methoxy groups -OCH3 is 1. The molecule has 0 N–H and O–H groups in total. The molecular weight excluding hydrogens is 320 g/mol. The van der Waals surface area contributed by atoms with E-state index >= 15 is 0 Å². The number of carbonyl (C=O) groups is 3. The van der Waals surface area contributed by atoms with Gasteiger partial charge in [-0.3, -0.25) is 24.2 Å². The van der Waals surface area contributed by atoms with Gasteiger partial charge in [-0.15, -0.1) is 0 Å². The zero-order valence-corrected chi connectivity index (χ0v) is 14.9. The van der Waals surface area contributed by atoms with Crippen LogP contribution in [-0.4, -0.2) is 36.4 Å². The number of hydrogen-bond acceptors (Lipinski definition) is 4. The smallest absolute Gasteiger partial charge is 0.234 e. The summed E-state index contributed by atoms with van der Waals surface area (Å²) in [5, 5.41) is 0. The van der Waals surface area contributed by atoms with Crippen LogP contribution in [0.15, 0.2) is 24.3 Å².